The standard InChI is InChI=1S/C9H19ClO3/c1-11-6-7-13-5-3-4-9(10)8-12-2/h9H,3-8H2,1-2H3. The van der Waals surface area contributed by atoms with E-state index in [1.165, 1.54) is 0 Å². The lowest BCUT2D eigenvalue weighted by molar-refractivity contribution is 0.0679. The first-order chi connectivity index (χ1) is 6.31. The predicted octanol–water partition coefficient (Wildman–Crippen LogP) is 1.68. The lowest BCUT2D eigenvalue weighted by Gasteiger charge is -2.07. The molecule has 0 aliphatic carbocycles. The van der Waals surface area contributed by atoms with Crippen LogP contribution < -0.4 is 0 Å². The molecule has 0 heterocycles. The van der Waals surface area contributed by atoms with Gasteiger partial charge in [0.2, 0.25) is 0 Å². The summed E-state index contributed by atoms with van der Waals surface area (Å²) in [4.78, 5) is 0. The van der Waals surface area contributed by atoms with Crippen molar-refractivity contribution in [3.63, 3.8) is 0 Å². The smallest absolute Gasteiger partial charge is 0.0700 e. The van der Waals surface area contributed by atoms with Crippen molar-refractivity contribution in [1.29, 1.82) is 0 Å². The van der Waals surface area contributed by atoms with Crippen LogP contribution >= 0.6 is 11.6 Å². The van der Waals surface area contributed by atoms with E-state index in [9.17, 15) is 0 Å². The average Bonchev–Trinajstić information content (AvgIpc) is 2.11. The topological polar surface area (TPSA) is 27.7 Å². The third-order valence-electron chi connectivity index (χ3n) is 1.59. The van der Waals surface area contributed by atoms with E-state index in [2.05, 4.69) is 0 Å². The Morgan fingerprint density at radius 2 is 1.85 bits per heavy atom. The highest BCUT2D eigenvalue weighted by Gasteiger charge is 2.02. The predicted molar refractivity (Wildman–Crippen MR) is 53.4 cm³/mol. The number of hydrogen-bond acceptors (Lipinski definition) is 3. The van der Waals surface area contributed by atoms with Crippen LogP contribution in [0.25, 0.3) is 0 Å². The Hall–Kier alpha value is 0.170. The minimum Gasteiger partial charge on any atom is -0.383 e. The molecule has 0 aromatic carbocycles. The van der Waals surface area contributed by atoms with Gasteiger partial charge >= 0.3 is 0 Å². The molecule has 0 aromatic heterocycles. The van der Waals surface area contributed by atoms with Crippen molar-refractivity contribution in [3.05, 3.63) is 0 Å². The number of methoxy groups -OCH3 is 2. The van der Waals surface area contributed by atoms with Crippen molar-refractivity contribution >= 4 is 11.6 Å². The fraction of sp³-hybridized carbons (Fsp3) is 1.00. The number of hydrogen-bond donors (Lipinski definition) is 0. The zero-order valence-corrected chi connectivity index (χ0v) is 9.18. The molecule has 1 atom stereocenters. The van der Waals surface area contributed by atoms with Gasteiger partial charge in [0.1, 0.15) is 0 Å². The second-order valence-electron chi connectivity index (χ2n) is 2.80. The monoisotopic (exact) mass is 210 g/mol. The first kappa shape index (κ1) is 13.2. The zero-order valence-electron chi connectivity index (χ0n) is 8.42. The lowest BCUT2D eigenvalue weighted by atomic mass is 10.2. The Labute approximate surface area is 85.3 Å². The molecule has 0 radical (unpaired) electrons. The van der Waals surface area contributed by atoms with Gasteiger partial charge in [-0.2, -0.15) is 0 Å². The highest BCUT2D eigenvalue weighted by Crippen LogP contribution is 2.05. The molecular weight excluding hydrogens is 192 g/mol. The SMILES string of the molecule is COCCOCCCC(Cl)COC. The summed E-state index contributed by atoms with van der Waals surface area (Å²) < 4.78 is 15.0. The van der Waals surface area contributed by atoms with E-state index in [1.807, 2.05) is 0 Å². The molecule has 0 saturated carbocycles. The largest absolute Gasteiger partial charge is 0.383 e. The van der Waals surface area contributed by atoms with Crippen LogP contribution in [-0.2, 0) is 14.2 Å². The molecule has 80 valence electrons. The van der Waals surface area contributed by atoms with Crippen molar-refractivity contribution in [1.82, 2.24) is 0 Å². The summed E-state index contributed by atoms with van der Waals surface area (Å²) in [5.41, 5.74) is 0. The molecule has 0 aromatic rings. The summed E-state index contributed by atoms with van der Waals surface area (Å²) >= 11 is 5.92. The van der Waals surface area contributed by atoms with E-state index >= 15 is 0 Å². The zero-order chi connectivity index (χ0) is 9.94. The number of halogens is 1. The molecule has 0 saturated heterocycles. The maximum absolute atomic E-state index is 5.92. The van der Waals surface area contributed by atoms with Gasteiger partial charge in [0, 0.05) is 20.8 Å². The second kappa shape index (κ2) is 10.3. The van der Waals surface area contributed by atoms with E-state index in [0.717, 1.165) is 19.4 Å². The van der Waals surface area contributed by atoms with Crippen LogP contribution in [0.4, 0.5) is 0 Å². The average molecular weight is 211 g/mol. The van der Waals surface area contributed by atoms with Gasteiger partial charge in [-0.15, -0.1) is 11.6 Å². The van der Waals surface area contributed by atoms with Crippen LogP contribution in [-0.4, -0.2) is 46.0 Å². The van der Waals surface area contributed by atoms with Gasteiger partial charge in [-0.25, -0.2) is 0 Å². The van der Waals surface area contributed by atoms with Crippen molar-refractivity contribution < 1.29 is 14.2 Å². The Bertz CT molecular complexity index is 101. The maximum atomic E-state index is 5.92. The van der Waals surface area contributed by atoms with Gasteiger partial charge in [-0.1, -0.05) is 0 Å². The summed E-state index contributed by atoms with van der Waals surface area (Å²) in [6, 6.07) is 0. The molecule has 0 spiro atoms. The Morgan fingerprint density at radius 3 is 2.46 bits per heavy atom. The minimum atomic E-state index is 0.107. The van der Waals surface area contributed by atoms with E-state index in [-0.39, 0.29) is 5.38 Å². The van der Waals surface area contributed by atoms with Crippen LogP contribution in [0.15, 0.2) is 0 Å². The molecule has 0 amide bonds. The second-order valence-corrected chi connectivity index (χ2v) is 3.42. The fourth-order valence-electron chi connectivity index (χ4n) is 0.915. The summed E-state index contributed by atoms with van der Waals surface area (Å²) in [5.74, 6) is 0. The van der Waals surface area contributed by atoms with Crippen molar-refractivity contribution in [2.75, 3.05) is 40.6 Å². The summed E-state index contributed by atoms with van der Waals surface area (Å²) in [7, 11) is 3.32. The fourth-order valence-corrected chi connectivity index (χ4v) is 1.20. The summed E-state index contributed by atoms with van der Waals surface area (Å²) in [5, 5.41) is 0.107. The van der Waals surface area contributed by atoms with Gasteiger partial charge in [0.25, 0.3) is 0 Å². The van der Waals surface area contributed by atoms with E-state index in [1.54, 1.807) is 14.2 Å². The van der Waals surface area contributed by atoms with Gasteiger partial charge in [-0.3, -0.25) is 0 Å². The van der Waals surface area contributed by atoms with Gasteiger partial charge in [0.05, 0.1) is 25.2 Å². The Morgan fingerprint density at radius 1 is 1.08 bits per heavy atom. The first-order valence-electron chi connectivity index (χ1n) is 4.51. The summed E-state index contributed by atoms with van der Waals surface area (Å²) in [6.45, 7) is 2.67. The highest BCUT2D eigenvalue weighted by atomic mass is 35.5. The molecule has 4 heteroatoms. The normalized spacial score (nSPS) is 13.2. The number of ether oxygens (including phenoxy) is 3. The number of rotatable bonds is 9. The van der Waals surface area contributed by atoms with Crippen LogP contribution in [0.3, 0.4) is 0 Å². The first-order valence-corrected chi connectivity index (χ1v) is 4.94. The molecule has 0 aliphatic heterocycles. The van der Waals surface area contributed by atoms with Crippen molar-refractivity contribution in [2.24, 2.45) is 0 Å². The maximum Gasteiger partial charge on any atom is 0.0700 e. The molecule has 0 N–H and O–H groups in total. The molecule has 1 unspecified atom stereocenters. The quantitative estimate of drug-likeness (QED) is 0.428. The third kappa shape index (κ3) is 10.1. The summed E-state index contributed by atoms with van der Waals surface area (Å²) in [6.07, 6.45) is 1.91. The van der Waals surface area contributed by atoms with Crippen molar-refractivity contribution in [2.45, 2.75) is 18.2 Å². The minimum absolute atomic E-state index is 0.107. The van der Waals surface area contributed by atoms with Gasteiger partial charge in [0.15, 0.2) is 0 Å². The van der Waals surface area contributed by atoms with Crippen molar-refractivity contribution in [3.8, 4) is 0 Å². The lowest BCUT2D eigenvalue weighted by Crippen LogP contribution is -2.09. The Balaban J connectivity index is 2.97. The van der Waals surface area contributed by atoms with Gasteiger partial charge < -0.3 is 14.2 Å². The van der Waals surface area contributed by atoms with E-state index < -0.39 is 0 Å². The van der Waals surface area contributed by atoms with Crippen LogP contribution in [0.5, 0.6) is 0 Å². The molecular formula is C9H19ClO3. The molecule has 0 rings (SSSR count). The molecule has 0 fully saturated rings. The molecule has 0 bridgehead atoms. The highest BCUT2D eigenvalue weighted by molar-refractivity contribution is 6.20. The van der Waals surface area contributed by atoms with Crippen LogP contribution in [0.1, 0.15) is 12.8 Å². The van der Waals surface area contributed by atoms with E-state index in [4.69, 9.17) is 25.8 Å². The van der Waals surface area contributed by atoms with Crippen LogP contribution in [0, 0.1) is 0 Å². The molecule has 0 aliphatic rings. The molecule has 13 heavy (non-hydrogen) atoms. The van der Waals surface area contributed by atoms with E-state index in [0.29, 0.717) is 19.8 Å². The Kier molecular flexibility index (Phi) is 10.4. The third-order valence-corrected chi connectivity index (χ3v) is 1.93. The number of alkyl halides is 1. The van der Waals surface area contributed by atoms with Crippen LogP contribution in [0.2, 0.25) is 0 Å². The molecule has 3 nitrogen and oxygen atoms in total. The van der Waals surface area contributed by atoms with Gasteiger partial charge in [-0.05, 0) is 12.8 Å².